The lowest BCUT2D eigenvalue weighted by Gasteiger charge is -2.10. The molecule has 0 atom stereocenters. The van der Waals surface area contributed by atoms with Crippen molar-refractivity contribution in [3.05, 3.63) is 70.7 Å². The number of ether oxygens (including phenoxy) is 1. The van der Waals surface area contributed by atoms with Crippen LogP contribution in [0.4, 0.5) is 9.52 Å². The van der Waals surface area contributed by atoms with Gasteiger partial charge in [0.05, 0.1) is 28.7 Å². The standard InChI is InChI=1S/C24H21FN6O3S/c1-3-34-17-8-9-19-20(12-17)35-24(28-19)29-21(32)10-11-30-14(2)27-22-18(23(30)33)13-26-31(22)16-6-4-15(25)5-7-16/h4-9,12-13H,3,10-11H2,1-2H3,(H,28,29,32). The monoisotopic (exact) mass is 492 g/mol. The third-order valence-corrected chi connectivity index (χ3v) is 6.36. The van der Waals surface area contributed by atoms with E-state index in [0.717, 1.165) is 16.0 Å². The van der Waals surface area contributed by atoms with Crippen LogP contribution >= 0.6 is 11.3 Å². The summed E-state index contributed by atoms with van der Waals surface area (Å²) in [6, 6.07) is 11.3. The molecule has 1 N–H and O–H groups in total. The zero-order valence-corrected chi connectivity index (χ0v) is 19.8. The second-order valence-electron chi connectivity index (χ2n) is 7.77. The summed E-state index contributed by atoms with van der Waals surface area (Å²) in [6.45, 7) is 4.34. The lowest BCUT2D eigenvalue weighted by atomic mass is 10.3. The molecule has 11 heteroatoms. The predicted octanol–water partition coefficient (Wildman–Crippen LogP) is 4.07. The first kappa shape index (κ1) is 22.7. The Hall–Kier alpha value is -4.12. The van der Waals surface area contributed by atoms with Gasteiger partial charge in [0.15, 0.2) is 10.8 Å². The SMILES string of the molecule is CCOc1ccc2nc(NC(=O)CCn3c(C)nc4c(cnn4-c4ccc(F)cc4)c3=O)sc2c1. The molecular formula is C24H21FN6O3S. The Morgan fingerprint density at radius 3 is 2.74 bits per heavy atom. The Labute approximate surface area is 202 Å². The van der Waals surface area contributed by atoms with Gasteiger partial charge in [0.2, 0.25) is 5.91 Å². The molecule has 0 unspecified atom stereocenters. The predicted molar refractivity (Wildman–Crippen MR) is 132 cm³/mol. The number of benzene rings is 2. The number of aromatic nitrogens is 5. The number of nitrogens with one attached hydrogen (secondary N) is 1. The number of anilines is 1. The molecule has 0 saturated carbocycles. The fraction of sp³-hybridized carbons (Fsp3) is 0.208. The Morgan fingerprint density at radius 1 is 1.17 bits per heavy atom. The maximum Gasteiger partial charge on any atom is 0.264 e. The van der Waals surface area contributed by atoms with Crippen molar-refractivity contribution in [3.8, 4) is 11.4 Å². The fourth-order valence-corrected chi connectivity index (χ4v) is 4.66. The summed E-state index contributed by atoms with van der Waals surface area (Å²) in [5, 5.41) is 7.85. The van der Waals surface area contributed by atoms with Gasteiger partial charge < -0.3 is 10.1 Å². The summed E-state index contributed by atoms with van der Waals surface area (Å²) >= 11 is 1.36. The highest BCUT2D eigenvalue weighted by atomic mass is 32.1. The molecule has 0 saturated heterocycles. The second kappa shape index (κ2) is 9.26. The Bertz CT molecular complexity index is 1610. The maximum atomic E-state index is 13.3. The van der Waals surface area contributed by atoms with Gasteiger partial charge in [-0.15, -0.1) is 0 Å². The summed E-state index contributed by atoms with van der Waals surface area (Å²) in [5.41, 5.74) is 1.44. The van der Waals surface area contributed by atoms with Gasteiger partial charge >= 0.3 is 0 Å². The van der Waals surface area contributed by atoms with Crippen LogP contribution < -0.4 is 15.6 Å². The maximum absolute atomic E-state index is 13.3. The van der Waals surface area contributed by atoms with Crippen LogP contribution in [0.25, 0.3) is 26.9 Å². The average molecular weight is 493 g/mol. The highest BCUT2D eigenvalue weighted by Gasteiger charge is 2.16. The molecule has 3 heterocycles. The van der Waals surface area contributed by atoms with Crippen LogP contribution in [0.15, 0.2) is 53.5 Å². The first-order valence-corrected chi connectivity index (χ1v) is 11.8. The minimum Gasteiger partial charge on any atom is -0.494 e. The van der Waals surface area contributed by atoms with Crippen molar-refractivity contribution < 1.29 is 13.9 Å². The van der Waals surface area contributed by atoms with E-state index in [1.165, 1.54) is 38.9 Å². The van der Waals surface area contributed by atoms with E-state index in [-0.39, 0.29) is 30.2 Å². The quantitative estimate of drug-likeness (QED) is 0.367. The van der Waals surface area contributed by atoms with Gasteiger partial charge in [-0.05, 0) is 56.3 Å². The van der Waals surface area contributed by atoms with E-state index < -0.39 is 0 Å². The molecule has 0 bridgehead atoms. The number of halogens is 1. The Balaban J connectivity index is 1.32. The average Bonchev–Trinajstić information content (AvgIpc) is 3.43. The van der Waals surface area contributed by atoms with Crippen molar-refractivity contribution >= 4 is 43.6 Å². The molecule has 0 aliphatic heterocycles. The van der Waals surface area contributed by atoms with Crippen molar-refractivity contribution in [2.45, 2.75) is 26.8 Å². The van der Waals surface area contributed by atoms with Crippen LogP contribution in [0.2, 0.25) is 0 Å². The molecule has 5 aromatic rings. The number of fused-ring (bicyclic) bond motifs is 2. The number of amides is 1. The highest BCUT2D eigenvalue weighted by molar-refractivity contribution is 7.22. The van der Waals surface area contributed by atoms with Crippen LogP contribution in [0.1, 0.15) is 19.2 Å². The lowest BCUT2D eigenvalue weighted by Crippen LogP contribution is -2.26. The van der Waals surface area contributed by atoms with Gasteiger partial charge in [0.1, 0.15) is 22.8 Å². The summed E-state index contributed by atoms with van der Waals surface area (Å²) < 4.78 is 22.6. The lowest BCUT2D eigenvalue weighted by molar-refractivity contribution is -0.116. The summed E-state index contributed by atoms with van der Waals surface area (Å²) in [6.07, 6.45) is 1.50. The fourth-order valence-electron chi connectivity index (χ4n) is 3.75. The van der Waals surface area contributed by atoms with Gasteiger partial charge in [0, 0.05) is 13.0 Å². The van der Waals surface area contributed by atoms with Crippen molar-refractivity contribution in [3.63, 3.8) is 0 Å². The van der Waals surface area contributed by atoms with Crippen molar-refractivity contribution in [1.29, 1.82) is 0 Å². The normalized spacial score (nSPS) is 11.3. The van der Waals surface area contributed by atoms with Crippen molar-refractivity contribution in [1.82, 2.24) is 24.3 Å². The molecule has 0 aliphatic carbocycles. The molecule has 0 radical (unpaired) electrons. The first-order valence-electron chi connectivity index (χ1n) is 11.0. The van der Waals surface area contributed by atoms with Gasteiger partial charge in [-0.2, -0.15) is 5.10 Å². The molecule has 178 valence electrons. The van der Waals surface area contributed by atoms with Gasteiger partial charge in [-0.1, -0.05) is 11.3 Å². The van der Waals surface area contributed by atoms with E-state index in [1.54, 1.807) is 19.1 Å². The second-order valence-corrected chi connectivity index (χ2v) is 8.80. The van der Waals surface area contributed by atoms with Crippen LogP contribution in [0.5, 0.6) is 5.75 Å². The van der Waals surface area contributed by atoms with Gasteiger partial charge in [-0.3, -0.25) is 14.2 Å². The topological polar surface area (TPSA) is 104 Å². The summed E-state index contributed by atoms with van der Waals surface area (Å²) in [5.74, 6) is 0.572. The number of hydrogen-bond donors (Lipinski definition) is 1. The number of nitrogens with zero attached hydrogens (tertiary/aromatic N) is 5. The molecule has 3 aromatic heterocycles. The Morgan fingerprint density at radius 2 is 1.97 bits per heavy atom. The van der Waals surface area contributed by atoms with Gasteiger partial charge in [-0.25, -0.2) is 19.0 Å². The number of aryl methyl sites for hydroxylation is 1. The van der Waals surface area contributed by atoms with Gasteiger partial charge in [0.25, 0.3) is 5.56 Å². The number of carbonyl (C=O) groups excluding carboxylic acids is 1. The van der Waals surface area contributed by atoms with E-state index in [1.807, 2.05) is 25.1 Å². The van der Waals surface area contributed by atoms with E-state index >= 15 is 0 Å². The van der Waals surface area contributed by atoms with Crippen molar-refractivity contribution in [2.24, 2.45) is 0 Å². The highest BCUT2D eigenvalue weighted by Crippen LogP contribution is 2.29. The third-order valence-electron chi connectivity index (χ3n) is 5.43. The van der Waals surface area contributed by atoms with Crippen LogP contribution in [-0.2, 0) is 11.3 Å². The molecule has 35 heavy (non-hydrogen) atoms. The molecule has 9 nitrogen and oxygen atoms in total. The van der Waals surface area contributed by atoms with Crippen LogP contribution in [0, 0.1) is 12.7 Å². The van der Waals surface area contributed by atoms with E-state index in [4.69, 9.17) is 4.74 Å². The molecule has 2 aromatic carbocycles. The van der Waals surface area contributed by atoms with Crippen LogP contribution in [-0.4, -0.2) is 36.8 Å². The van der Waals surface area contributed by atoms with E-state index in [2.05, 4.69) is 20.4 Å². The number of rotatable bonds is 7. The molecule has 0 spiro atoms. The van der Waals surface area contributed by atoms with E-state index in [0.29, 0.717) is 34.3 Å². The minimum atomic E-state index is -0.365. The number of thiazole rings is 1. The molecule has 5 rings (SSSR count). The Kier molecular flexibility index (Phi) is 6.00. The molecule has 1 amide bonds. The zero-order valence-electron chi connectivity index (χ0n) is 19.0. The molecule has 0 fully saturated rings. The summed E-state index contributed by atoms with van der Waals surface area (Å²) in [4.78, 5) is 34.6. The molecular weight excluding hydrogens is 471 g/mol. The smallest absolute Gasteiger partial charge is 0.264 e. The molecule has 0 aliphatic rings. The third kappa shape index (κ3) is 4.50. The first-order chi connectivity index (χ1) is 16.9. The van der Waals surface area contributed by atoms with Crippen LogP contribution in [0.3, 0.4) is 0 Å². The van der Waals surface area contributed by atoms with E-state index in [9.17, 15) is 14.0 Å². The largest absolute Gasteiger partial charge is 0.494 e. The number of hydrogen-bond acceptors (Lipinski definition) is 7. The van der Waals surface area contributed by atoms with Crippen molar-refractivity contribution in [2.75, 3.05) is 11.9 Å². The number of carbonyl (C=O) groups is 1. The minimum absolute atomic E-state index is 0.0696. The summed E-state index contributed by atoms with van der Waals surface area (Å²) in [7, 11) is 0. The zero-order chi connectivity index (χ0) is 24.5.